The van der Waals surface area contributed by atoms with Gasteiger partial charge in [0.05, 0.1) is 9.50 Å². The molecule has 2 aromatic rings. The van der Waals surface area contributed by atoms with Crippen molar-refractivity contribution >= 4 is 45.0 Å². The van der Waals surface area contributed by atoms with Crippen molar-refractivity contribution in [1.82, 2.24) is 4.98 Å². The minimum Gasteiger partial charge on any atom is -0.398 e. The van der Waals surface area contributed by atoms with E-state index in [-0.39, 0.29) is 5.82 Å². The maximum atomic E-state index is 13.2. The number of aromatic nitrogens is 1. The Bertz CT molecular complexity index is 548. The van der Waals surface area contributed by atoms with Gasteiger partial charge in [0.1, 0.15) is 10.8 Å². The summed E-state index contributed by atoms with van der Waals surface area (Å²) in [5, 5.41) is 1.32. The molecule has 0 aliphatic heterocycles. The highest BCUT2D eigenvalue weighted by Crippen LogP contribution is 2.34. The van der Waals surface area contributed by atoms with Crippen LogP contribution in [0.15, 0.2) is 44.9 Å². The Morgan fingerprint density at radius 3 is 2.76 bits per heavy atom. The summed E-state index contributed by atoms with van der Waals surface area (Å²) in [6.07, 6.45) is 1.55. The average molecular weight is 334 g/mol. The van der Waals surface area contributed by atoms with Gasteiger partial charge in [-0.3, -0.25) is 0 Å². The fourth-order valence-electron chi connectivity index (χ4n) is 1.17. The topological polar surface area (TPSA) is 38.9 Å². The summed E-state index contributed by atoms with van der Waals surface area (Å²) in [5.74, 6) is -0.379. The third kappa shape index (κ3) is 3.12. The molecular formula is C11H7BrClFN2S. The van der Waals surface area contributed by atoms with Crippen LogP contribution in [-0.2, 0) is 0 Å². The summed E-state index contributed by atoms with van der Waals surface area (Å²) in [6.45, 7) is 0. The van der Waals surface area contributed by atoms with E-state index in [4.69, 9.17) is 17.3 Å². The predicted octanol–water partition coefficient (Wildman–Crippen LogP) is 4.37. The summed E-state index contributed by atoms with van der Waals surface area (Å²) in [5.41, 5.74) is 6.11. The highest BCUT2D eigenvalue weighted by Gasteiger charge is 2.08. The lowest BCUT2D eigenvalue weighted by atomic mass is 10.3. The molecule has 0 aliphatic rings. The van der Waals surface area contributed by atoms with Crippen molar-refractivity contribution in [3.8, 4) is 0 Å². The molecule has 0 unspecified atom stereocenters. The third-order valence-corrected chi connectivity index (χ3v) is 3.82. The first kappa shape index (κ1) is 12.7. The maximum absolute atomic E-state index is 13.2. The van der Waals surface area contributed by atoms with E-state index in [2.05, 4.69) is 20.9 Å². The molecule has 0 spiro atoms. The standard InChI is InChI=1S/C11H7BrClFN2S/c12-7-3-10(9(15)4-8(7)14)17-11-2-1-6(13)5-16-11/h1-5H,15H2. The van der Waals surface area contributed by atoms with Gasteiger partial charge in [-0.2, -0.15) is 0 Å². The minimum atomic E-state index is -0.379. The number of hydrogen-bond acceptors (Lipinski definition) is 3. The Kier molecular flexibility index (Phi) is 3.91. The summed E-state index contributed by atoms with van der Waals surface area (Å²) in [6, 6.07) is 6.43. The lowest BCUT2D eigenvalue weighted by Crippen LogP contribution is -1.91. The van der Waals surface area contributed by atoms with Crippen LogP contribution in [0.4, 0.5) is 10.1 Å². The fourth-order valence-corrected chi connectivity index (χ4v) is 2.59. The first-order valence-corrected chi connectivity index (χ1v) is 6.59. The number of nitrogen functional groups attached to an aromatic ring is 1. The molecule has 0 saturated heterocycles. The Labute approximate surface area is 116 Å². The molecule has 0 atom stereocenters. The first-order chi connectivity index (χ1) is 8.06. The third-order valence-electron chi connectivity index (χ3n) is 1.97. The van der Waals surface area contributed by atoms with E-state index in [1.54, 1.807) is 24.4 Å². The Balaban J connectivity index is 2.30. The number of nitrogens with two attached hydrogens (primary N) is 1. The van der Waals surface area contributed by atoms with E-state index in [1.807, 2.05) is 0 Å². The molecule has 0 aliphatic carbocycles. The van der Waals surface area contributed by atoms with Crippen LogP contribution in [0.3, 0.4) is 0 Å². The van der Waals surface area contributed by atoms with Crippen LogP contribution < -0.4 is 5.73 Å². The number of pyridine rings is 1. The van der Waals surface area contributed by atoms with Crippen molar-refractivity contribution < 1.29 is 4.39 Å². The highest BCUT2D eigenvalue weighted by atomic mass is 79.9. The van der Waals surface area contributed by atoms with Gasteiger partial charge in [-0.05, 0) is 40.2 Å². The molecule has 0 amide bonds. The van der Waals surface area contributed by atoms with Crippen LogP contribution in [0.1, 0.15) is 0 Å². The molecule has 6 heteroatoms. The maximum Gasteiger partial charge on any atom is 0.139 e. The molecule has 1 aromatic carbocycles. The average Bonchev–Trinajstić information content (AvgIpc) is 2.29. The molecule has 2 rings (SSSR count). The molecule has 0 fully saturated rings. The number of halogens is 3. The number of hydrogen-bond donors (Lipinski definition) is 1. The lowest BCUT2D eigenvalue weighted by molar-refractivity contribution is 0.620. The van der Waals surface area contributed by atoms with Crippen LogP contribution in [0.25, 0.3) is 0 Å². The molecule has 1 aromatic heterocycles. The van der Waals surface area contributed by atoms with Gasteiger partial charge in [0.2, 0.25) is 0 Å². The van der Waals surface area contributed by atoms with E-state index in [0.29, 0.717) is 15.2 Å². The van der Waals surface area contributed by atoms with Crippen molar-refractivity contribution in [1.29, 1.82) is 0 Å². The molecule has 0 radical (unpaired) electrons. The minimum absolute atomic E-state index is 0.378. The van der Waals surface area contributed by atoms with Gasteiger partial charge in [-0.15, -0.1) is 0 Å². The second-order valence-corrected chi connectivity index (χ2v) is 5.57. The monoisotopic (exact) mass is 332 g/mol. The summed E-state index contributed by atoms with van der Waals surface area (Å²) in [4.78, 5) is 4.88. The molecule has 1 heterocycles. The predicted molar refractivity (Wildman–Crippen MR) is 71.9 cm³/mol. The zero-order valence-electron chi connectivity index (χ0n) is 8.45. The number of benzene rings is 1. The van der Waals surface area contributed by atoms with E-state index < -0.39 is 0 Å². The Morgan fingerprint density at radius 1 is 1.35 bits per heavy atom. The van der Waals surface area contributed by atoms with E-state index in [9.17, 15) is 4.39 Å². The normalized spacial score (nSPS) is 10.5. The van der Waals surface area contributed by atoms with E-state index >= 15 is 0 Å². The number of rotatable bonds is 2. The molecule has 2 N–H and O–H groups in total. The lowest BCUT2D eigenvalue weighted by Gasteiger charge is -2.06. The second kappa shape index (κ2) is 5.25. The van der Waals surface area contributed by atoms with Crippen molar-refractivity contribution in [3.05, 3.63) is 45.8 Å². The van der Waals surface area contributed by atoms with Crippen molar-refractivity contribution in [2.75, 3.05) is 5.73 Å². The van der Waals surface area contributed by atoms with Gasteiger partial charge in [-0.1, -0.05) is 23.4 Å². The highest BCUT2D eigenvalue weighted by molar-refractivity contribution is 9.10. The van der Waals surface area contributed by atoms with Gasteiger partial charge < -0.3 is 5.73 Å². The Hall–Kier alpha value is -0.780. The molecule has 0 saturated carbocycles. The molecule has 17 heavy (non-hydrogen) atoms. The van der Waals surface area contributed by atoms with Gasteiger partial charge in [-0.25, -0.2) is 9.37 Å². The van der Waals surface area contributed by atoms with Gasteiger partial charge >= 0.3 is 0 Å². The van der Waals surface area contributed by atoms with E-state index in [0.717, 1.165) is 9.92 Å². The largest absolute Gasteiger partial charge is 0.398 e. The van der Waals surface area contributed by atoms with Crippen molar-refractivity contribution in [2.24, 2.45) is 0 Å². The van der Waals surface area contributed by atoms with Crippen molar-refractivity contribution in [3.63, 3.8) is 0 Å². The quantitative estimate of drug-likeness (QED) is 0.829. The summed E-state index contributed by atoms with van der Waals surface area (Å²) < 4.78 is 13.6. The van der Waals surface area contributed by atoms with Gasteiger partial charge in [0.15, 0.2) is 0 Å². The van der Waals surface area contributed by atoms with Crippen LogP contribution >= 0.6 is 39.3 Å². The first-order valence-electron chi connectivity index (χ1n) is 4.60. The zero-order valence-corrected chi connectivity index (χ0v) is 11.6. The fraction of sp³-hybridized carbons (Fsp3) is 0. The molecule has 2 nitrogen and oxygen atoms in total. The van der Waals surface area contributed by atoms with Crippen LogP contribution in [0.2, 0.25) is 5.02 Å². The molecule has 0 bridgehead atoms. The second-order valence-electron chi connectivity index (χ2n) is 3.22. The number of nitrogens with zero attached hydrogens (tertiary/aromatic N) is 1. The van der Waals surface area contributed by atoms with E-state index in [1.165, 1.54) is 17.8 Å². The van der Waals surface area contributed by atoms with Crippen LogP contribution in [0, 0.1) is 5.82 Å². The summed E-state index contributed by atoms with van der Waals surface area (Å²) in [7, 11) is 0. The summed E-state index contributed by atoms with van der Waals surface area (Å²) >= 11 is 10.2. The van der Waals surface area contributed by atoms with Crippen LogP contribution in [0.5, 0.6) is 0 Å². The Morgan fingerprint density at radius 2 is 2.12 bits per heavy atom. The van der Waals surface area contributed by atoms with Gasteiger partial charge in [0.25, 0.3) is 0 Å². The van der Waals surface area contributed by atoms with Crippen LogP contribution in [-0.4, -0.2) is 4.98 Å². The zero-order chi connectivity index (χ0) is 12.4. The molecular weight excluding hydrogens is 327 g/mol. The smallest absolute Gasteiger partial charge is 0.139 e. The van der Waals surface area contributed by atoms with Gasteiger partial charge in [0, 0.05) is 16.8 Å². The number of anilines is 1. The van der Waals surface area contributed by atoms with Crippen molar-refractivity contribution in [2.45, 2.75) is 9.92 Å². The molecule has 88 valence electrons. The SMILES string of the molecule is Nc1cc(F)c(Br)cc1Sc1ccc(Cl)cn1.